The average molecular weight is 524 g/mol. The molecule has 2 aliphatic carbocycles. The van der Waals surface area contributed by atoms with Gasteiger partial charge >= 0.3 is 0 Å². The molecule has 1 aromatic rings. The number of hydrogen-bond acceptors (Lipinski definition) is 5. The van der Waals surface area contributed by atoms with Crippen LogP contribution in [0.4, 0.5) is 0 Å². The maximum atomic E-state index is 11.3. The Bertz CT molecular complexity index is 940. The number of carbonyl (C=O) groups is 1. The predicted octanol–water partition coefficient (Wildman–Crippen LogP) is 7.58. The maximum absolute atomic E-state index is 11.3. The number of rotatable bonds is 12. The first kappa shape index (κ1) is 30.1. The maximum Gasteiger partial charge on any atom is 0.217 e. The number of nitrogens with one attached hydrogen (secondary N) is 2. The molecule has 210 valence electrons. The summed E-state index contributed by atoms with van der Waals surface area (Å²) < 4.78 is 11.9. The van der Waals surface area contributed by atoms with Crippen molar-refractivity contribution in [3.63, 3.8) is 0 Å². The minimum Gasteiger partial charge on any atom is -0.490 e. The molecule has 0 aromatic heterocycles. The molecular weight excluding hydrogens is 474 g/mol. The van der Waals surface area contributed by atoms with Crippen molar-refractivity contribution in [1.29, 1.82) is 5.41 Å². The number of methoxy groups -OCH3 is 1. The topological polar surface area (TPSA) is 83.8 Å². The van der Waals surface area contributed by atoms with E-state index in [9.17, 15) is 4.79 Å². The summed E-state index contributed by atoms with van der Waals surface area (Å²) in [6.45, 7) is 5.68. The number of allylic oxidation sites excluding steroid dienone is 2. The fraction of sp³-hybridized carbons (Fsp3) is 0.656. The lowest BCUT2D eigenvalue weighted by atomic mass is 9.84. The molecule has 1 amide bonds. The summed E-state index contributed by atoms with van der Waals surface area (Å²) in [7, 11) is 1.82. The fourth-order valence-corrected chi connectivity index (χ4v) is 5.98. The van der Waals surface area contributed by atoms with Crippen molar-refractivity contribution >= 4 is 17.8 Å². The molecule has 3 rings (SSSR count). The zero-order chi connectivity index (χ0) is 27.3. The summed E-state index contributed by atoms with van der Waals surface area (Å²) in [5.74, 6) is 1.99. The van der Waals surface area contributed by atoms with Crippen LogP contribution >= 0.6 is 0 Å². The lowest BCUT2D eigenvalue weighted by molar-refractivity contribution is -0.119. The molecule has 2 saturated carbocycles. The third-order valence-corrected chi connectivity index (χ3v) is 8.04. The van der Waals surface area contributed by atoms with Crippen molar-refractivity contribution in [3.05, 3.63) is 41.6 Å². The second-order valence-electron chi connectivity index (χ2n) is 11.3. The SMILES string of the molecule is CCC=C(CC1CCCC(Oc2ccc(C(C)NC(C)=O)cc2)C1)N=CC(=N)CC1CCCC(OC)CC1. The van der Waals surface area contributed by atoms with Gasteiger partial charge in [-0.05, 0) is 107 Å². The van der Waals surface area contributed by atoms with E-state index in [2.05, 4.69) is 18.3 Å². The van der Waals surface area contributed by atoms with Gasteiger partial charge in [0.2, 0.25) is 5.91 Å². The van der Waals surface area contributed by atoms with Crippen LogP contribution in [0.3, 0.4) is 0 Å². The molecule has 0 aliphatic heterocycles. The molecule has 2 fully saturated rings. The van der Waals surface area contributed by atoms with Crippen molar-refractivity contribution in [2.45, 2.75) is 116 Å². The van der Waals surface area contributed by atoms with Crippen LogP contribution in [0.25, 0.3) is 0 Å². The average Bonchev–Trinajstić information content (AvgIpc) is 3.12. The highest BCUT2D eigenvalue weighted by atomic mass is 16.5. The fourth-order valence-electron chi connectivity index (χ4n) is 5.98. The van der Waals surface area contributed by atoms with E-state index in [1.807, 2.05) is 38.3 Å². The van der Waals surface area contributed by atoms with Gasteiger partial charge in [-0.2, -0.15) is 0 Å². The number of ether oxygens (including phenoxy) is 2. The molecule has 6 heteroatoms. The van der Waals surface area contributed by atoms with Crippen LogP contribution in [0, 0.1) is 17.2 Å². The summed E-state index contributed by atoms with van der Waals surface area (Å²) in [6.07, 6.45) is 17.6. The third-order valence-electron chi connectivity index (χ3n) is 8.04. The molecule has 0 bridgehead atoms. The van der Waals surface area contributed by atoms with Crippen LogP contribution in [0.5, 0.6) is 5.75 Å². The van der Waals surface area contributed by atoms with Crippen LogP contribution in [-0.2, 0) is 9.53 Å². The first-order chi connectivity index (χ1) is 18.4. The van der Waals surface area contributed by atoms with Gasteiger partial charge in [0.05, 0.1) is 18.2 Å². The summed E-state index contributed by atoms with van der Waals surface area (Å²) in [5, 5.41) is 11.4. The van der Waals surface area contributed by atoms with Crippen LogP contribution in [0.1, 0.15) is 109 Å². The van der Waals surface area contributed by atoms with Crippen LogP contribution < -0.4 is 10.1 Å². The molecule has 0 spiro atoms. The van der Waals surface area contributed by atoms with Gasteiger partial charge in [-0.1, -0.05) is 31.6 Å². The van der Waals surface area contributed by atoms with E-state index in [-0.39, 0.29) is 18.1 Å². The zero-order valence-electron chi connectivity index (χ0n) is 24.0. The Morgan fingerprint density at radius 1 is 1.05 bits per heavy atom. The summed E-state index contributed by atoms with van der Waals surface area (Å²) in [6, 6.07) is 8.08. The lowest BCUT2D eigenvalue weighted by Crippen LogP contribution is -2.26. The minimum absolute atomic E-state index is 0.0124. The Labute approximate surface area is 230 Å². The minimum atomic E-state index is -0.0241. The first-order valence-corrected chi connectivity index (χ1v) is 14.7. The van der Waals surface area contributed by atoms with Crippen molar-refractivity contribution in [2.75, 3.05) is 7.11 Å². The van der Waals surface area contributed by atoms with Crippen LogP contribution in [0.2, 0.25) is 0 Å². The molecule has 0 saturated heterocycles. The van der Waals surface area contributed by atoms with Crippen LogP contribution in [-0.4, -0.2) is 37.2 Å². The Morgan fingerprint density at radius 3 is 2.45 bits per heavy atom. The van der Waals surface area contributed by atoms with E-state index in [4.69, 9.17) is 19.9 Å². The number of benzene rings is 1. The number of aliphatic imine (C=N–C) groups is 1. The van der Waals surface area contributed by atoms with Gasteiger partial charge in [-0.3, -0.25) is 9.79 Å². The van der Waals surface area contributed by atoms with E-state index in [0.717, 1.165) is 74.8 Å². The molecule has 5 atom stereocenters. The van der Waals surface area contributed by atoms with E-state index in [0.29, 0.717) is 23.7 Å². The second-order valence-corrected chi connectivity index (χ2v) is 11.3. The first-order valence-electron chi connectivity index (χ1n) is 14.7. The zero-order valence-corrected chi connectivity index (χ0v) is 24.0. The van der Waals surface area contributed by atoms with Gasteiger partial charge in [0.25, 0.3) is 0 Å². The molecule has 38 heavy (non-hydrogen) atoms. The highest BCUT2D eigenvalue weighted by Crippen LogP contribution is 2.33. The molecule has 0 radical (unpaired) electrons. The van der Waals surface area contributed by atoms with Crippen LogP contribution in [0.15, 0.2) is 41.0 Å². The molecule has 1 aromatic carbocycles. The Hall–Kier alpha value is -2.47. The number of carbonyl (C=O) groups excluding carboxylic acids is 1. The molecule has 2 N–H and O–H groups in total. The Morgan fingerprint density at radius 2 is 1.76 bits per heavy atom. The van der Waals surface area contributed by atoms with E-state index in [1.165, 1.54) is 19.3 Å². The van der Waals surface area contributed by atoms with Crippen molar-refractivity contribution in [1.82, 2.24) is 5.32 Å². The largest absolute Gasteiger partial charge is 0.490 e. The van der Waals surface area contributed by atoms with Gasteiger partial charge in [-0.25, -0.2) is 0 Å². The quantitative estimate of drug-likeness (QED) is 0.219. The van der Waals surface area contributed by atoms with Crippen molar-refractivity contribution in [3.8, 4) is 5.75 Å². The number of amides is 1. The van der Waals surface area contributed by atoms with E-state index < -0.39 is 0 Å². The highest BCUT2D eigenvalue weighted by molar-refractivity contribution is 6.29. The van der Waals surface area contributed by atoms with Gasteiger partial charge in [-0.15, -0.1) is 0 Å². The Balaban J connectivity index is 1.49. The smallest absolute Gasteiger partial charge is 0.217 e. The van der Waals surface area contributed by atoms with Gasteiger partial charge in [0.1, 0.15) is 5.75 Å². The van der Waals surface area contributed by atoms with E-state index in [1.54, 1.807) is 13.1 Å². The standard InChI is InChI=1S/C32H49N3O3/c1-5-8-29(34-22-28(33)19-25-9-6-11-30(37-4)16-13-25)20-26-10-7-12-32(21-26)38-31-17-14-27(15-18-31)23(2)35-24(3)36/h8,14-15,17-18,22-23,25-26,30,32-33H,5-7,9-13,16,19-21H2,1-4H3,(H,35,36). The monoisotopic (exact) mass is 523 g/mol. The Kier molecular flexibility index (Phi) is 12.5. The van der Waals surface area contributed by atoms with Crippen molar-refractivity contribution in [2.24, 2.45) is 16.8 Å². The molecule has 5 unspecified atom stereocenters. The molecule has 2 aliphatic rings. The molecular formula is C32H49N3O3. The number of hydrogen-bond donors (Lipinski definition) is 2. The molecule has 6 nitrogen and oxygen atoms in total. The van der Waals surface area contributed by atoms with E-state index >= 15 is 0 Å². The summed E-state index contributed by atoms with van der Waals surface area (Å²) in [4.78, 5) is 16.1. The summed E-state index contributed by atoms with van der Waals surface area (Å²) >= 11 is 0. The van der Waals surface area contributed by atoms with Gasteiger partial charge < -0.3 is 20.2 Å². The third kappa shape index (κ3) is 10.4. The lowest BCUT2D eigenvalue weighted by Gasteiger charge is -2.30. The normalized spacial score (nSPS) is 25.5. The predicted molar refractivity (Wildman–Crippen MR) is 156 cm³/mol. The summed E-state index contributed by atoms with van der Waals surface area (Å²) in [5.41, 5.74) is 2.83. The second kappa shape index (κ2) is 15.8. The van der Waals surface area contributed by atoms with Gasteiger partial charge in [0.15, 0.2) is 0 Å². The molecule has 0 heterocycles. The highest BCUT2D eigenvalue weighted by Gasteiger charge is 2.24. The number of nitrogens with zero attached hydrogens (tertiary/aromatic N) is 1. The van der Waals surface area contributed by atoms with Gasteiger partial charge in [0, 0.05) is 31.7 Å². The van der Waals surface area contributed by atoms with Crippen molar-refractivity contribution < 1.29 is 14.3 Å².